The molecule has 4 aromatic heterocycles. The second-order valence-electron chi connectivity index (χ2n) is 15.6. The van der Waals surface area contributed by atoms with E-state index in [1.54, 1.807) is 83.6 Å². The van der Waals surface area contributed by atoms with Gasteiger partial charge in [0.15, 0.2) is 37.1 Å². The standard InChI is InChI=1S/C25H19ClN6O4S.C14H14ClN3O2S.C12H12N2O5/c1-35-23-15-17(13-14-27-23)25-31-29-22(36-25)12-11-21-28-30-24(32(21)20-6-4-3-5-19(20)26)16-7-9-18(10-8-16)37(2,33)34;1-21(19,20)11-8-6-10(7-9-11)14(18-16)17-13-5-3-2-4-12(13)15;1-19-10-6-8(4-5-13-10)12(18)14-7-9(15)2-3-11(16)17/h3-15H,1-2H3;2-9H,16H2,1H3,(H,17,18);2-6H,7H2,1H3,(H,14,18)(H,16,17)/b12-11+;;3-2-. The molecule has 8 aromatic rings. The largest absolute Gasteiger partial charge is 0.481 e. The van der Waals surface area contributed by atoms with Gasteiger partial charge in [-0.05, 0) is 97.1 Å². The predicted octanol–water partition coefficient (Wildman–Crippen LogP) is 6.93. The number of ketones is 1. The first-order valence-electron chi connectivity index (χ1n) is 22.1. The normalized spacial score (nSPS) is 11.5. The van der Waals surface area contributed by atoms with Gasteiger partial charge in [0.25, 0.3) is 5.91 Å². The Bertz CT molecular complexity index is 3720. The fourth-order valence-electron chi connectivity index (χ4n) is 6.39. The van der Waals surface area contributed by atoms with E-state index in [2.05, 4.69) is 46.1 Å². The number of carboxylic acid groups (broad SMARTS) is 1. The second kappa shape index (κ2) is 26.5. The van der Waals surface area contributed by atoms with Crippen molar-refractivity contribution in [1.29, 1.82) is 0 Å². The minimum absolute atomic E-state index is 0.208. The van der Waals surface area contributed by atoms with E-state index in [9.17, 15) is 31.2 Å². The summed E-state index contributed by atoms with van der Waals surface area (Å²) in [5, 5.41) is 28.5. The molecule has 0 atom stereocenters. The summed E-state index contributed by atoms with van der Waals surface area (Å²) >= 11 is 12.6. The number of pyridine rings is 2. The fourth-order valence-corrected chi connectivity index (χ4v) is 8.05. The van der Waals surface area contributed by atoms with E-state index >= 15 is 0 Å². The van der Waals surface area contributed by atoms with Crippen molar-refractivity contribution in [3.05, 3.63) is 179 Å². The molecule has 0 saturated heterocycles. The van der Waals surface area contributed by atoms with Gasteiger partial charge in [-0.15, -0.1) is 20.4 Å². The van der Waals surface area contributed by atoms with Crippen molar-refractivity contribution in [3.63, 3.8) is 0 Å². The van der Waals surface area contributed by atoms with Gasteiger partial charge in [0.1, 0.15) is 5.84 Å². The lowest BCUT2D eigenvalue weighted by Crippen LogP contribution is -2.30. The number of aliphatic imine (C=N–C) groups is 1. The summed E-state index contributed by atoms with van der Waals surface area (Å²) in [6, 6.07) is 33.3. The molecule has 396 valence electrons. The summed E-state index contributed by atoms with van der Waals surface area (Å²) in [6.45, 7) is -0.284. The Balaban J connectivity index is 0.000000204. The smallest absolute Gasteiger partial charge is 0.328 e. The molecule has 0 bridgehead atoms. The maximum Gasteiger partial charge on any atom is 0.328 e. The van der Waals surface area contributed by atoms with Crippen molar-refractivity contribution in [3.8, 4) is 40.3 Å². The Morgan fingerprint density at radius 1 is 0.714 bits per heavy atom. The number of methoxy groups -OCH3 is 2. The average molecular weight is 1120 g/mol. The van der Waals surface area contributed by atoms with Gasteiger partial charge in [0.05, 0.1) is 52.0 Å². The molecule has 0 unspecified atom stereocenters. The van der Waals surface area contributed by atoms with Crippen LogP contribution in [0.2, 0.25) is 10.0 Å². The van der Waals surface area contributed by atoms with Crippen molar-refractivity contribution in [2.24, 2.45) is 10.8 Å². The highest BCUT2D eigenvalue weighted by atomic mass is 35.5. The molecule has 0 aliphatic carbocycles. The van der Waals surface area contributed by atoms with Gasteiger partial charge in [-0.2, -0.15) is 0 Å². The molecule has 77 heavy (non-hydrogen) atoms. The summed E-state index contributed by atoms with van der Waals surface area (Å²) in [4.78, 5) is 45.8. The van der Waals surface area contributed by atoms with E-state index < -0.39 is 37.3 Å². The molecule has 4 aromatic carbocycles. The molecular formula is C51H45Cl2N11O11S2. The van der Waals surface area contributed by atoms with E-state index in [1.165, 1.54) is 56.8 Å². The van der Waals surface area contributed by atoms with E-state index in [4.69, 9.17) is 48.0 Å². The summed E-state index contributed by atoms with van der Waals surface area (Å²) in [7, 11) is -3.62. The topological polar surface area (TPSA) is 316 Å². The zero-order chi connectivity index (χ0) is 55.7. The minimum Gasteiger partial charge on any atom is -0.481 e. The maximum atomic E-state index is 11.9. The number of nitrogens with one attached hydrogen (secondary N) is 2. The monoisotopic (exact) mass is 1120 g/mol. The third-order valence-electron chi connectivity index (χ3n) is 10.1. The minimum atomic E-state index is -3.34. The van der Waals surface area contributed by atoms with Gasteiger partial charge in [-0.1, -0.05) is 47.5 Å². The lowest BCUT2D eigenvalue weighted by molar-refractivity contribution is -0.131. The molecule has 0 saturated carbocycles. The third kappa shape index (κ3) is 16.3. The highest BCUT2D eigenvalue weighted by Gasteiger charge is 2.18. The zero-order valence-corrected chi connectivity index (χ0v) is 44.1. The van der Waals surface area contributed by atoms with Crippen LogP contribution in [-0.2, 0) is 29.3 Å². The zero-order valence-electron chi connectivity index (χ0n) is 41.0. The van der Waals surface area contributed by atoms with Crippen LogP contribution in [0, 0.1) is 0 Å². The SMILES string of the molecule is COc1cc(-c2nnc(/C=C/c3nnc(-c4ccc(S(C)(=O)=O)cc4)n3-c3ccccc3Cl)o2)ccn1.COc1cc(C(=O)NCC(=O)/C=C\C(=O)O)ccn1.CS(=O)(=O)c1ccc(C(=Nc2ccccc2Cl)NN)cc1. The molecule has 5 N–H and O–H groups in total. The number of ether oxygens (including phenoxy) is 2. The highest BCUT2D eigenvalue weighted by Crippen LogP contribution is 2.30. The van der Waals surface area contributed by atoms with Gasteiger partial charge in [0.2, 0.25) is 23.5 Å². The molecule has 8 rings (SSSR count). The van der Waals surface area contributed by atoms with Crippen LogP contribution in [0.3, 0.4) is 0 Å². The Morgan fingerprint density at radius 3 is 1.94 bits per heavy atom. The lowest BCUT2D eigenvalue weighted by atomic mass is 10.2. The van der Waals surface area contributed by atoms with Gasteiger partial charge in [0, 0.05) is 71.4 Å². The number of para-hydroxylation sites is 2. The van der Waals surface area contributed by atoms with E-state index in [0.717, 1.165) is 18.6 Å². The summed E-state index contributed by atoms with van der Waals surface area (Å²) in [5.74, 6) is 5.85. The maximum absolute atomic E-state index is 11.9. The van der Waals surface area contributed by atoms with Crippen LogP contribution in [0.1, 0.15) is 27.6 Å². The van der Waals surface area contributed by atoms with Crippen LogP contribution in [0.4, 0.5) is 5.69 Å². The first-order valence-corrected chi connectivity index (χ1v) is 26.7. The van der Waals surface area contributed by atoms with Crippen molar-refractivity contribution >= 4 is 84.2 Å². The second-order valence-corrected chi connectivity index (χ2v) is 20.4. The van der Waals surface area contributed by atoms with E-state index in [-0.39, 0.29) is 28.1 Å². The number of aromatic nitrogens is 7. The molecule has 1 amide bonds. The molecule has 26 heteroatoms. The number of aliphatic carboxylic acids is 1. The fraction of sp³-hybridized carbons (Fsp3) is 0.0980. The van der Waals surface area contributed by atoms with E-state index in [0.29, 0.717) is 79.0 Å². The van der Waals surface area contributed by atoms with Gasteiger partial charge in [-0.3, -0.25) is 14.2 Å². The van der Waals surface area contributed by atoms with Crippen LogP contribution in [0.25, 0.3) is 40.7 Å². The molecule has 22 nitrogen and oxygen atoms in total. The number of hydrogen-bond donors (Lipinski definition) is 4. The summed E-state index contributed by atoms with van der Waals surface area (Å²) < 4.78 is 64.1. The van der Waals surface area contributed by atoms with Crippen LogP contribution in [-0.4, -0.2) is 114 Å². The summed E-state index contributed by atoms with van der Waals surface area (Å²) in [6.07, 6.45) is 10.2. The number of rotatable bonds is 16. The van der Waals surface area contributed by atoms with Crippen molar-refractivity contribution in [2.75, 3.05) is 33.3 Å². The molecule has 0 fully saturated rings. The van der Waals surface area contributed by atoms with Crippen molar-refractivity contribution in [1.82, 2.24) is 45.7 Å². The number of amidine groups is 1. The molecular weight excluding hydrogens is 1080 g/mol. The third-order valence-corrected chi connectivity index (χ3v) is 13.0. The number of carbonyl (C=O) groups is 3. The first-order chi connectivity index (χ1) is 36.8. The number of carbonyl (C=O) groups excluding carboxylic acids is 2. The number of nitrogens with zero attached hydrogens (tertiary/aromatic N) is 8. The number of carboxylic acids is 1. The Labute approximate surface area is 450 Å². The number of nitrogens with two attached hydrogens (primary N) is 1. The van der Waals surface area contributed by atoms with Crippen LogP contribution in [0.5, 0.6) is 11.8 Å². The van der Waals surface area contributed by atoms with Crippen LogP contribution >= 0.6 is 23.2 Å². The van der Waals surface area contributed by atoms with Gasteiger partial charge >= 0.3 is 5.97 Å². The lowest BCUT2D eigenvalue weighted by Gasteiger charge is -2.11. The number of benzene rings is 4. The molecule has 0 spiro atoms. The Kier molecular flexibility index (Phi) is 19.7. The van der Waals surface area contributed by atoms with Crippen molar-refractivity contribution < 1.29 is 50.2 Å². The molecule has 0 aliphatic rings. The first kappa shape index (κ1) is 57.3. The highest BCUT2D eigenvalue weighted by molar-refractivity contribution is 7.91. The number of amides is 1. The van der Waals surface area contributed by atoms with E-state index in [1.807, 2.05) is 24.3 Å². The van der Waals surface area contributed by atoms with Crippen molar-refractivity contribution in [2.45, 2.75) is 9.79 Å². The quantitative estimate of drug-likeness (QED) is 0.0250. The summed E-state index contributed by atoms with van der Waals surface area (Å²) in [5.41, 5.74) is 5.98. The van der Waals surface area contributed by atoms with Gasteiger partial charge in [-0.25, -0.2) is 42.4 Å². The number of hydrazine groups is 1. The number of halogens is 2. The van der Waals surface area contributed by atoms with Gasteiger partial charge < -0.3 is 29.7 Å². The number of sulfone groups is 2. The van der Waals surface area contributed by atoms with Crippen LogP contribution in [0.15, 0.2) is 165 Å². The molecule has 0 radical (unpaired) electrons. The number of hydrogen-bond acceptors (Lipinski definition) is 18. The Hall–Kier alpha value is -8.94. The van der Waals surface area contributed by atoms with Crippen LogP contribution < -0.4 is 26.1 Å². The predicted molar refractivity (Wildman–Crippen MR) is 287 cm³/mol. The average Bonchev–Trinajstić information content (AvgIpc) is 4.09. The Morgan fingerprint density at radius 2 is 1.32 bits per heavy atom. The molecule has 0 aliphatic heterocycles. The molecule has 4 heterocycles.